The van der Waals surface area contributed by atoms with Gasteiger partial charge in [-0.05, 0) is 32.3 Å². The third kappa shape index (κ3) is 2.01. The summed E-state index contributed by atoms with van der Waals surface area (Å²) in [5.41, 5.74) is 3.12. The highest BCUT2D eigenvalue weighted by atomic mass is 16.5. The lowest BCUT2D eigenvalue weighted by Gasteiger charge is -2.12. The number of ether oxygens (including phenoxy) is 1. The topological polar surface area (TPSA) is 52.3 Å². The van der Waals surface area contributed by atoms with E-state index >= 15 is 0 Å². The van der Waals surface area contributed by atoms with Crippen molar-refractivity contribution in [2.45, 2.75) is 32.6 Å². The van der Waals surface area contributed by atoms with Crippen LogP contribution in [0.15, 0.2) is 22.9 Å². The normalized spacial score (nSPS) is 14.3. The molecule has 0 spiro atoms. The van der Waals surface area contributed by atoms with Crippen molar-refractivity contribution in [3.05, 3.63) is 46.3 Å². The summed E-state index contributed by atoms with van der Waals surface area (Å²) in [4.78, 5) is 12.7. The minimum atomic E-state index is -0.0380. The maximum absolute atomic E-state index is 12.7. The van der Waals surface area contributed by atoms with Gasteiger partial charge >= 0.3 is 0 Å². The number of carbonyl (C=O) groups excluding carboxylic acids is 1. The molecule has 4 nitrogen and oxygen atoms in total. The quantitative estimate of drug-likeness (QED) is 0.800. The lowest BCUT2D eigenvalue weighted by Crippen LogP contribution is -2.06. The van der Waals surface area contributed by atoms with Crippen molar-refractivity contribution >= 4 is 5.78 Å². The SMILES string of the molecule is COc1c(C)ccc(C(=O)c2cnoc2C2CC2)c1C. The van der Waals surface area contributed by atoms with Gasteiger partial charge in [0, 0.05) is 17.0 Å². The summed E-state index contributed by atoms with van der Waals surface area (Å²) >= 11 is 0. The molecule has 0 saturated heterocycles. The lowest BCUT2D eigenvalue weighted by molar-refractivity contribution is 0.103. The van der Waals surface area contributed by atoms with Gasteiger partial charge in [-0.1, -0.05) is 17.3 Å². The van der Waals surface area contributed by atoms with E-state index in [1.54, 1.807) is 7.11 Å². The molecule has 2 aromatic rings. The minimum absolute atomic E-state index is 0.0380. The number of ketones is 1. The van der Waals surface area contributed by atoms with Crippen LogP contribution in [-0.4, -0.2) is 18.0 Å². The van der Waals surface area contributed by atoms with Crippen molar-refractivity contribution in [2.75, 3.05) is 7.11 Å². The monoisotopic (exact) mass is 271 g/mol. The van der Waals surface area contributed by atoms with E-state index in [4.69, 9.17) is 9.26 Å². The average molecular weight is 271 g/mol. The molecular weight excluding hydrogens is 254 g/mol. The zero-order valence-electron chi connectivity index (χ0n) is 11.9. The summed E-state index contributed by atoms with van der Waals surface area (Å²) in [6, 6.07) is 3.75. The molecule has 0 atom stereocenters. The molecule has 1 fully saturated rings. The van der Waals surface area contributed by atoms with Crippen LogP contribution < -0.4 is 4.74 Å². The second kappa shape index (κ2) is 4.78. The van der Waals surface area contributed by atoms with Crippen LogP contribution in [-0.2, 0) is 0 Å². The fraction of sp³-hybridized carbons (Fsp3) is 0.375. The highest BCUT2D eigenvalue weighted by Gasteiger charge is 2.33. The number of rotatable bonds is 4. The molecule has 3 rings (SSSR count). The fourth-order valence-corrected chi connectivity index (χ4v) is 2.59. The van der Waals surface area contributed by atoms with Crippen LogP contribution in [0.1, 0.15) is 51.6 Å². The standard InChI is InChI=1S/C16H17NO3/c1-9-4-7-12(10(2)15(9)19-3)14(18)13-8-17-20-16(13)11-5-6-11/h4,7-8,11H,5-6H2,1-3H3. The molecule has 0 bridgehead atoms. The summed E-state index contributed by atoms with van der Waals surface area (Å²) in [6.07, 6.45) is 3.68. The first-order valence-electron chi connectivity index (χ1n) is 6.77. The molecular formula is C16H17NO3. The first kappa shape index (κ1) is 12.9. The first-order chi connectivity index (χ1) is 9.63. The zero-order chi connectivity index (χ0) is 14.3. The van der Waals surface area contributed by atoms with Gasteiger partial charge in [-0.2, -0.15) is 0 Å². The number of aryl methyl sites for hydroxylation is 1. The van der Waals surface area contributed by atoms with E-state index in [0.717, 1.165) is 35.5 Å². The number of hydrogen-bond donors (Lipinski definition) is 0. The Morgan fingerprint density at radius 2 is 2.05 bits per heavy atom. The third-order valence-electron chi connectivity index (χ3n) is 3.84. The third-order valence-corrected chi connectivity index (χ3v) is 3.84. The molecule has 0 amide bonds. The molecule has 20 heavy (non-hydrogen) atoms. The van der Waals surface area contributed by atoms with Crippen molar-refractivity contribution in [1.29, 1.82) is 0 Å². The Morgan fingerprint density at radius 1 is 1.30 bits per heavy atom. The Hall–Kier alpha value is -2.10. The van der Waals surface area contributed by atoms with E-state index in [-0.39, 0.29) is 5.78 Å². The Kier molecular flexibility index (Phi) is 3.08. The molecule has 0 radical (unpaired) electrons. The Bertz CT molecular complexity index is 668. The summed E-state index contributed by atoms with van der Waals surface area (Å²) in [5.74, 6) is 1.82. The number of methoxy groups -OCH3 is 1. The molecule has 4 heteroatoms. The zero-order valence-corrected chi connectivity index (χ0v) is 11.9. The van der Waals surface area contributed by atoms with Gasteiger partial charge < -0.3 is 9.26 Å². The van der Waals surface area contributed by atoms with E-state index in [2.05, 4.69) is 5.16 Å². The van der Waals surface area contributed by atoms with Crippen LogP contribution in [0.3, 0.4) is 0 Å². The van der Waals surface area contributed by atoms with Gasteiger partial charge in [-0.3, -0.25) is 4.79 Å². The van der Waals surface area contributed by atoms with E-state index in [1.165, 1.54) is 6.20 Å². The van der Waals surface area contributed by atoms with Crippen molar-refractivity contribution in [3.63, 3.8) is 0 Å². The second-order valence-electron chi connectivity index (χ2n) is 5.30. The van der Waals surface area contributed by atoms with Gasteiger partial charge in [0.2, 0.25) is 0 Å². The maximum Gasteiger partial charge on any atom is 0.198 e. The van der Waals surface area contributed by atoms with Crippen LogP contribution in [0, 0.1) is 13.8 Å². The van der Waals surface area contributed by atoms with Crippen LogP contribution in [0.5, 0.6) is 5.75 Å². The molecule has 1 aromatic heterocycles. The van der Waals surface area contributed by atoms with Crippen LogP contribution in [0.2, 0.25) is 0 Å². The molecule has 0 aliphatic heterocycles. The van der Waals surface area contributed by atoms with E-state index < -0.39 is 0 Å². The van der Waals surface area contributed by atoms with Crippen LogP contribution >= 0.6 is 0 Å². The van der Waals surface area contributed by atoms with E-state index in [1.807, 2.05) is 26.0 Å². The Balaban J connectivity index is 2.04. The second-order valence-corrected chi connectivity index (χ2v) is 5.30. The predicted molar refractivity (Wildman–Crippen MR) is 74.4 cm³/mol. The van der Waals surface area contributed by atoms with Gasteiger partial charge in [0.1, 0.15) is 5.75 Å². The summed E-state index contributed by atoms with van der Waals surface area (Å²) in [6.45, 7) is 3.87. The van der Waals surface area contributed by atoms with Gasteiger partial charge in [0.05, 0.1) is 18.9 Å². The molecule has 104 valence electrons. The Morgan fingerprint density at radius 3 is 2.70 bits per heavy atom. The number of aromatic nitrogens is 1. The number of benzene rings is 1. The predicted octanol–water partition coefficient (Wildman–Crippen LogP) is 3.41. The molecule has 0 N–H and O–H groups in total. The smallest absolute Gasteiger partial charge is 0.198 e. The number of carbonyl (C=O) groups is 1. The number of hydrogen-bond acceptors (Lipinski definition) is 4. The summed E-state index contributed by atoms with van der Waals surface area (Å²) < 4.78 is 10.6. The van der Waals surface area contributed by atoms with E-state index in [9.17, 15) is 4.79 Å². The molecule has 1 aliphatic carbocycles. The van der Waals surface area contributed by atoms with Gasteiger partial charge in [0.15, 0.2) is 11.5 Å². The van der Waals surface area contributed by atoms with Crippen molar-refractivity contribution in [1.82, 2.24) is 5.16 Å². The van der Waals surface area contributed by atoms with Crippen molar-refractivity contribution in [2.24, 2.45) is 0 Å². The lowest BCUT2D eigenvalue weighted by atomic mass is 9.96. The first-order valence-corrected chi connectivity index (χ1v) is 6.77. The highest BCUT2D eigenvalue weighted by Crippen LogP contribution is 2.42. The van der Waals surface area contributed by atoms with Gasteiger partial charge in [0.25, 0.3) is 0 Å². The van der Waals surface area contributed by atoms with Gasteiger partial charge in [-0.15, -0.1) is 0 Å². The molecule has 1 saturated carbocycles. The van der Waals surface area contributed by atoms with Crippen molar-refractivity contribution < 1.29 is 14.1 Å². The molecule has 1 aromatic carbocycles. The van der Waals surface area contributed by atoms with Crippen LogP contribution in [0.25, 0.3) is 0 Å². The number of nitrogens with zero attached hydrogens (tertiary/aromatic N) is 1. The fourth-order valence-electron chi connectivity index (χ4n) is 2.59. The average Bonchev–Trinajstić information content (AvgIpc) is 3.16. The Labute approximate surface area is 117 Å². The molecule has 0 unspecified atom stereocenters. The minimum Gasteiger partial charge on any atom is -0.496 e. The molecule has 1 heterocycles. The maximum atomic E-state index is 12.7. The van der Waals surface area contributed by atoms with Gasteiger partial charge in [-0.25, -0.2) is 0 Å². The van der Waals surface area contributed by atoms with Crippen LogP contribution in [0.4, 0.5) is 0 Å². The summed E-state index contributed by atoms with van der Waals surface area (Å²) in [5, 5.41) is 3.79. The summed E-state index contributed by atoms with van der Waals surface area (Å²) in [7, 11) is 1.62. The largest absolute Gasteiger partial charge is 0.496 e. The highest BCUT2D eigenvalue weighted by molar-refractivity contribution is 6.10. The molecule has 1 aliphatic rings. The van der Waals surface area contributed by atoms with Crippen molar-refractivity contribution in [3.8, 4) is 5.75 Å². The van der Waals surface area contributed by atoms with E-state index in [0.29, 0.717) is 17.0 Å².